The largest absolute Gasteiger partial charge is 0.235 e. The molecule has 0 N–H and O–H groups in total. The van der Waals surface area contributed by atoms with Crippen LogP contribution in [0.5, 0.6) is 0 Å². The normalized spacial score (nSPS) is 25.2. The molecule has 2 heteroatoms. The van der Waals surface area contributed by atoms with Gasteiger partial charge in [-0.1, -0.05) is 51.4 Å². The van der Waals surface area contributed by atoms with Gasteiger partial charge >= 0.3 is 0 Å². The average molecular weight is 235 g/mol. The van der Waals surface area contributed by atoms with Gasteiger partial charge in [-0.05, 0) is 31.1 Å². The Morgan fingerprint density at radius 1 is 0.941 bits per heavy atom. The van der Waals surface area contributed by atoms with E-state index in [-0.39, 0.29) is 6.04 Å². The van der Waals surface area contributed by atoms with Gasteiger partial charge in [-0.3, -0.25) is 0 Å². The molecule has 1 atom stereocenters. The van der Waals surface area contributed by atoms with Gasteiger partial charge in [0.1, 0.15) is 0 Å². The van der Waals surface area contributed by atoms with Crippen molar-refractivity contribution in [2.45, 2.75) is 76.7 Å². The molecule has 0 aromatic rings. The molecule has 0 spiro atoms. The van der Waals surface area contributed by atoms with Crippen molar-refractivity contribution in [2.24, 2.45) is 16.8 Å². The van der Waals surface area contributed by atoms with Crippen LogP contribution in [0.15, 0.2) is 4.99 Å². The van der Waals surface area contributed by atoms with Gasteiger partial charge < -0.3 is 0 Å². The lowest BCUT2D eigenvalue weighted by Crippen LogP contribution is -2.25. The lowest BCUT2D eigenvalue weighted by molar-refractivity contribution is 0.242. The Labute approximate surface area is 105 Å². The second-order valence-electron chi connectivity index (χ2n) is 5.93. The van der Waals surface area contributed by atoms with Crippen molar-refractivity contribution in [3.63, 3.8) is 0 Å². The summed E-state index contributed by atoms with van der Waals surface area (Å²) in [7, 11) is 0. The van der Waals surface area contributed by atoms with Gasteiger partial charge in [0.2, 0.25) is 6.08 Å². The van der Waals surface area contributed by atoms with Crippen LogP contribution in [0.1, 0.15) is 70.6 Å². The summed E-state index contributed by atoms with van der Waals surface area (Å²) in [6, 6.07) is 0.288. The van der Waals surface area contributed by atoms with E-state index in [1.165, 1.54) is 64.2 Å². The third kappa shape index (κ3) is 3.96. The fourth-order valence-electron chi connectivity index (χ4n) is 3.70. The van der Waals surface area contributed by atoms with Crippen LogP contribution in [0.25, 0.3) is 0 Å². The number of isocyanates is 1. The maximum Gasteiger partial charge on any atom is 0.235 e. The van der Waals surface area contributed by atoms with Crippen molar-refractivity contribution >= 4 is 6.08 Å². The van der Waals surface area contributed by atoms with Crippen molar-refractivity contribution < 1.29 is 4.79 Å². The zero-order valence-electron chi connectivity index (χ0n) is 10.9. The standard InChI is InChI=1S/C15H25NO/c17-12-16-15(14-9-5-2-6-10-14)11-13-7-3-1-4-8-13/h13-15H,1-11H2. The van der Waals surface area contributed by atoms with Crippen molar-refractivity contribution in [1.82, 2.24) is 0 Å². The zero-order valence-corrected chi connectivity index (χ0v) is 10.9. The highest BCUT2D eigenvalue weighted by Crippen LogP contribution is 2.34. The Kier molecular flexibility index (Phi) is 5.25. The maximum absolute atomic E-state index is 10.6. The third-order valence-electron chi connectivity index (χ3n) is 4.71. The molecule has 96 valence electrons. The van der Waals surface area contributed by atoms with E-state index in [9.17, 15) is 4.79 Å². The smallest absolute Gasteiger partial charge is 0.211 e. The van der Waals surface area contributed by atoms with Crippen molar-refractivity contribution in [3.8, 4) is 0 Å². The Morgan fingerprint density at radius 3 is 2.12 bits per heavy atom. The average Bonchev–Trinajstić information content (AvgIpc) is 2.40. The summed E-state index contributed by atoms with van der Waals surface area (Å²) < 4.78 is 0. The lowest BCUT2D eigenvalue weighted by Gasteiger charge is -2.30. The number of aliphatic imine (C=N–C) groups is 1. The van der Waals surface area contributed by atoms with Crippen molar-refractivity contribution in [3.05, 3.63) is 0 Å². The minimum absolute atomic E-state index is 0.288. The molecule has 0 heterocycles. The van der Waals surface area contributed by atoms with E-state index in [0.717, 1.165) is 12.3 Å². The summed E-state index contributed by atoms with van der Waals surface area (Å²) in [5, 5.41) is 0. The maximum atomic E-state index is 10.6. The molecule has 0 radical (unpaired) electrons. The van der Waals surface area contributed by atoms with Crippen LogP contribution in [0.2, 0.25) is 0 Å². The third-order valence-corrected chi connectivity index (χ3v) is 4.71. The predicted molar refractivity (Wildman–Crippen MR) is 69.7 cm³/mol. The molecule has 17 heavy (non-hydrogen) atoms. The van der Waals surface area contributed by atoms with Crippen LogP contribution < -0.4 is 0 Å². The molecule has 2 aliphatic rings. The first-order valence-corrected chi connectivity index (χ1v) is 7.47. The summed E-state index contributed by atoms with van der Waals surface area (Å²) >= 11 is 0. The summed E-state index contributed by atoms with van der Waals surface area (Å²) in [4.78, 5) is 14.7. The Balaban J connectivity index is 1.88. The fraction of sp³-hybridized carbons (Fsp3) is 0.933. The van der Waals surface area contributed by atoms with Gasteiger partial charge in [-0.25, -0.2) is 9.79 Å². The summed E-state index contributed by atoms with van der Waals surface area (Å²) in [5.41, 5.74) is 0. The Morgan fingerprint density at radius 2 is 1.53 bits per heavy atom. The van der Waals surface area contributed by atoms with Gasteiger partial charge in [0.05, 0.1) is 6.04 Å². The molecule has 2 nitrogen and oxygen atoms in total. The van der Waals surface area contributed by atoms with Crippen LogP contribution in [0, 0.1) is 11.8 Å². The van der Waals surface area contributed by atoms with E-state index in [0.29, 0.717) is 5.92 Å². The van der Waals surface area contributed by atoms with Gasteiger partial charge in [-0.15, -0.1) is 0 Å². The Bertz CT molecular complexity index is 258. The van der Waals surface area contributed by atoms with E-state index in [2.05, 4.69) is 4.99 Å². The van der Waals surface area contributed by atoms with E-state index >= 15 is 0 Å². The molecular formula is C15H25NO. The van der Waals surface area contributed by atoms with E-state index in [1.807, 2.05) is 6.08 Å². The lowest BCUT2D eigenvalue weighted by atomic mass is 9.77. The van der Waals surface area contributed by atoms with Gasteiger partial charge in [0.25, 0.3) is 0 Å². The monoisotopic (exact) mass is 235 g/mol. The van der Waals surface area contributed by atoms with E-state index in [4.69, 9.17) is 0 Å². The van der Waals surface area contributed by atoms with Crippen LogP contribution in [0.4, 0.5) is 0 Å². The predicted octanol–water partition coefficient (Wildman–Crippen LogP) is 4.24. The molecule has 2 aliphatic carbocycles. The second-order valence-corrected chi connectivity index (χ2v) is 5.93. The van der Waals surface area contributed by atoms with Crippen LogP contribution >= 0.6 is 0 Å². The highest BCUT2D eigenvalue weighted by molar-refractivity contribution is 5.33. The molecular weight excluding hydrogens is 210 g/mol. The number of hydrogen-bond acceptors (Lipinski definition) is 2. The van der Waals surface area contributed by atoms with Crippen LogP contribution in [-0.4, -0.2) is 12.1 Å². The molecule has 0 saturated heterocycles. The number of nitrogens with zero attached hydrogens (tertiary/aromatic N) is 1. The molecule has 0 aromatic carbocycles. The SMILES string of the molecule is O=C=NC(CC1CCCCC1)C1CCCCC1. The second kappa shape index (κ2) is 6.96. The molecule has 0 bridgehead atoms. The van der Waals surface area contributed by atoms with Gasteiger partial charge in [0.15, 0.2) is 0 Å². The van der Waals surface area contributed by atoms with Crippen LogP contribution in [-0.2, 0) is 4.79 Å². The van der Waals surface area contributed by atoms with Crippen molar-refractivity contribution in [1.29, 1.82) is 0 Å². The summed E-state index contributed by atoms with van der Waals surface area (Å²) in [5.74, 6) is 1.50. The molecule has 0 aromatic heterocycles. The minimum Gasteiger partial charge on any atom is -0.211 e. The first-order chi connectivity index (χ1) is 8.40. The topological polar surface area (TPSA) is 29.4 Å². The summed E-state index contributed by atoms with van der Waals surface area (Å²) in [6.07, 6.45) is 16.5. The molecule has 0 amide bonds. The van der Waals surface area contributed by atoms with Gasteiger partial charge in [0, 0.05) is 0 Å². The molecule has 2 saturated carbocycles. The Hall–Kier alpha value is -0.620. The van der Waals surface area contributed by atoms with E-state index in [1.54, 1.807) is 0 Å². The van der Waals surface area contributed by atoms with Crippen molar-refractivity contribution in [2.75, 3.05) is 0 Å². The fourth-order valence-corrected chi connectivity index (χ4v) is 3.70. The molecule has 1 unspecified atom stereocenters. The number of rotatable bonds is 4. The van der Waals surface area contributed by atoms with Crippen LogP contribution in [0.3, 0.4) is 0 Å². The molecule has 2 fully saturated rings. The number of carbonyl (C=O) groups excluding carboxylic acids is 1. The number of hydrogen-bond donors (Lipinski definition) is 0. The molecule has 2 rings (SSSR count). The summed E-state index contributed by atoms with van der Waals surface area (Å²) in [6.45, 7) is 0. The first kappa shape index (κ1) is 12.8. The first-order valence-electron chi connectivity index (χ1n) is 7.47. The van der Waals surface area contributed by atoms with Gasteiger partial charge in [-0.2, -0.15) is 0 Å². The van der Waals surface area contributed by atoms with E-state index < -0.39 is 0 Å². The highest BCUT2D eigenvalue weighted by atomic mass is 16.1. The minimum atomic E-state index is 0.288. The zero-order chi connectivity index (χ0) is 11.9. The molecule has 0 aliphatic heterocycles. The highest BCUT2D eigenvalue weighted by Gasteiger charge is 2.26. The quantitative estimate of drug-likeness (QED) is 0.529.